The molecule has 0 amide bonds. The van der Waals surface area contributed by atoms with Crippen molar-refractivity contribution in [2.45, 2.75) is 45.3 Å². The fourth-order valence-electron chi connectivity index (χ4n) is 2.52. The van der Waals surface area contributed by atoms with E-state index in [2.05, 4.69) is 9.97 Å². The van der Waals surface area contributed by atoms with Crippen molar-refractivity contribution < 1.29 is 14.6 Å². The van der Waals surface area contributed by atoms with E-state index in [1.54, 1.807) is 13.1 Å². The second kappa shape index (κ2) is 5.94. The van der Waals surface area contributed by atoms with Crippen molar-refractivity contribution in [2.24, 2.45) is 0 Å². The van der Waals surface area contributed by atoms with Gasteiger partial charge in [-0.05, 0) is 20.8 Å². The molecular formula is C14H22N2O3. The first-order valence-electron chi connectivity index (χ1n) is 6.83. The van der Waals surface area contributed by atoms with Gasteiger partial charge in [-0.1, -0.05) is 0 Å². The Kier molecular flexibility index (Phi) is 4.50. The molecule has 1 N–H and O–H groups in total. The van der Waals surface area contributed by atoms with E-state index >= 15 is 0 Å². The molecule has 1 unspecified atom stereocenters. The SMILES string of the molecule is CCOC1(c2ncc(C(C)O)c(C)n2)CCOCC1. The highest BCUT2D eigenvalue weighted by atomic mass is 16.5. The van der Waals surface area contributed by atoms with Crippen molar-refractivity contribution >= 4 is 0 Å². The molecule has 2 heterocycles. The van der Waals surface area contributed by atoms with Gasteiger partial charge in [0.05, 0.1) is 6.10 Å². The van der Waals surface area contributed by atoms with E-state index in [1.807, 2.05) is 13.8 Å². The first-order valence-corrected chi connectivity index (χ1v) is 6.83. The van der Waals surface area contributed by atoms with Gasteiger partial charge in [0.15, 0.2) is 5.82 Å². The van der Waals surface area contributed by atoms with Crippen LogP contribution in [0.1, 0.15) is 49.9 Å². The number of aryl methyl sites for hydroxylation is 1. The maximum atomic E-state index is 9.64. The van der Waals surface area contributed by atoms with Crippen LogP contribution in [0.15, 0.2) is 6.20 Å². The van der Waals surface area contributed by atoms with E-state index in [4.69, 9.17) is 9.47 Å². The number of hydrogen-bond donors (Lipinski definition) is 1. The summed E-state index contributed by atoms with van der Waals surface area (Å²) in [5.74, 6) is 0.708. The molecule has 1 aliphatic heterocycles. The summed E-state index contributed by atoms with van der Waals surface area (Å²) < 4.78 is 11.4. The first-order chi connectivity index (χ1) is 9.09. The van der Waals surface area contributed by atoms with Crippen molar-refractivity contribution in [3.63, 3.8) is 0 Å². The van der Waals surface area contributed by atoms with Crippen molar-refractivity contribution in [1.82, 2.24) is 9.97 Å². The molecule has 5 nitrogen and oxygen atoms in total. The standard InChI is InChI=1S/C14H22N2O3/c1-4-19-14(5-7-18-8-6-14)13-15-9-12(11(3)17)10(2)16-13/h9,11,17H,4-8H2,1-3H3. The van der Waals surface area contributed by atoms with Crippen LogP contribution < -0.4 is 0 Å². The van der Waals surface area contributed by atoms with Gasteiger partial charge in [-0.15, -0.1) is 0 Å². The Morgan fingerprint density at radius 3 is 2.68 bits per heavy atom. The Morgan fingerprint density at radius 2 is 2.16 bits per heavy atom. The molecule has 0 aromatic carbocycles. The predicted molar refractivity (Wildman–Crippen MR) is 70.8 cm³/mol. The van der Waals surface area contributed by atoms with Crippen LogP contribution >= 0.6 is 0 Å². The van der Waals surface area contributed by atoms with E-state index < -0.39 is 11.7 Å². The topological polar surface area (TPSA) is 64.5 Å². The van der Waals surface area contributed by atoms with Crippen LogP contribution in [-0.2, 0) is 15.1 Å². The number of ether oxygens (including phenoxy) is 2. The second-order valence-electron chi connectivity index (χ2n) is 4.95. The highest BCUT2D eigenvalue weighted by molar-refractivity contribution is 5.20. The third kappa shape index (κ3) is 2.94. The minimum absolute atomic E-state index is 0.436. The van der Waals surface area contributed by atoms with Crippen molar-refractivity contribution in [2.75, 3.05) is 19.8 Å². The summed E-state index contributed by atoms with van der Waals surface area (Å²) in [6, 6.07) is 0. The first kappa shape index (κ1) is 14.4. The van der Waals surface area contributed by atoms with E-state index in [-0.39, 0.29) is 0 Å². The molecule has 1 saturated heterocycles. The number of aliphatic hydroxyl groups is 1. The van der Waals surface area contributed by atoms with Crippen LogP contribution in [0.2, 0.25) is 0 Å². The third-order valence-electron chi connectivity index (χ3n) is 3.60. The highest BCUT2D eigenvalue weighted by Crippen LogP contribution is 2.34. The van der Waals surface area contributed by atoms with Crippen LogP contribution in [0, 0.1) is 6.92 Å². The summed E-state index contributed by atoms with van der Waals surface area (Å²) in [6.45, 7) is 7.56. The van der Waals surface area contributed by atoms with Crippen LogP contribution in [0.25, 0.3) is 0 Å². The van der Waals surface area contributed by atoms with Gasteiger partial charge in [-0.2, -0.15) is 0 Å². The molecule has 0 aliphatic carbocycles. The molecule has 106 valence electrons. The maximum absolute atomic E-state index is 9.64. The van der Waals surface area contributed by atoms with Gasteiger partial charge >= 0.3 is 0 Å². The van der Waals surface area contributed by atoms with E-state index in [0.29, 0.717) is 25.6 Å². The summed E-state index contributed by atoms with van der Waals surface area (Å²) >= 11 is 0. The van der Waals surface area contributed by atoms with Crippen molar-refractivity contribution in [3.05, 3.63) is 23.3 Å². The molecule has 5 heteroatoms. The van der Waals surface area contributed by atoms with Gasteiger partial charge < -0.3 is 14.6 Å². The molecule has 0 saturated carbocycles. The molecule has 1 fully saturated rings. The third-order valence-corrected chi connectivity index (χ3v) is 3.60. The average molecular weight is 266 g/mol. The minimum Gasteiger partial charge on any atom is -0.389 e. The van der Waals surface area contributed by atoms with Gasteiger partial charge in [0.25, 0.3) is 0 Å². The second-order valence-corrected chi connectivity index (χ2v) is 4.95. The zero-order valence-electron chi connectivity index (χ0n) is 11.8. The lowest BCUT2D eigenvalue weighted by Gasteiger charge is -2.35. The normalized spacial score (nSPS) is 20.2. The molecule has 1 aliphatic rings. The Hall–Kier alpha value is -1.04. The Bertz CT molecular complexity index is 423. The van der Waals surface area contributed by atoms with Crippen molar-refractivity contribution in [3.8, 4) is 0 Å². The van der Waals surface area contributed by atoms with Gasteiger partial charge in [-0.3, -0.25) is 0 Å². The van der Waals surface area contributed by atoms with Crippen LogP contribution in [0.5, 0.6) is 0 Å². The maximum Gasteiger partial charge on any atom is 0.160 e. The lowest BCUT2D eigenvalue weighted by molar-refractivity contribution is -0.118. The van der Waals surface area contributed by atoms with Gasteiger partial charge in [-0.25, -0.2) is 9.97 Å². The van der Waals surface area contributed by atoms with Crippen LogP contribution in [0.4, 0.5) is 0 Å². The molecule has 1 atom stereocenters. The predicted octanol–water partition coefficient (Wildman–Crippen LogP) is 1.88. The molecule has 1 aromatic rings. The summed E-state index contributed by atoms with van der Waals surface area (Å²) in [7, 11) is 0. The smallest absolute Gasteiger partial charge is 0.160 e. The lowest BCUT2D eigenvalue weighted by Crippen LogP contribution is -2.38. The van der Waals surface area contributed by atoms with Gasteiger partial charge in [0.2, 0.25) is 0 Å². The van der Waals surface area contributed by atoms with Crippen LogP contribution in [0.3, 0.4) is 0 Å². The Balaban J connectivity index is 2.34. The number of aliphatic hydroxyl groups excluding tert-OH is 1. The summed E-state index contributed by atoms with van der Waals surface area (Å²) in [5.41, 5.74) is 1.14. The monoisotopic (exact) mass is 266 g/mol. The zero-order chi connectivity index (χ0) is 13.9. The molecule has 1 aromatic heterocycles. The average Bonchev–Trinajstić information content (AvgIpc) is 2.39. The molecular weight excluding hydrogens is 244 g/mol. The van der Waals surface area contributed by atoms with Gasteiger partial charge in [0.1, 0.15) is 5.60 Å². The fraction of sp³-hybridized carbons (Fsp3) is 0.714. The summed E-state index contributed by atoms with van der Waals surface area (Å²) in [5, 5.41) is 9.64. The molecule has 0 radical (unpaired) electrons. The molecule has 19 heavy (non-hydrogen) atoms. The van der Waals surface area contributed by atoms with Gasteiger partial charge in [0, 0.05) is 50.1 Å². The zero-order valence-corrected chi connectivity index (χ0v) is 11.8. The fourth-order valence-corrected chi connectivity index (χ4v) is 2.52. The quantitative estimate of drug-likeness (QED) is 0.901. The Labute approximate surface area is 114 Å². The Morgan fingerprint density at radius 1 is 1.47 bits per heavy atom. The van der Waals surface area contributed by atoms with E-state index in [1.165, 1.54) is 0 Å². The largest absolute Gasteiger partial charge is 0.389 e. The number of aromatic nitrogens is 2. The minimum atomic E-state index is -0.549. The lowest BCUT2D eigenvalue weighted by atomic mass is 9.92. The summed E-state index contributed by atoms with van der Waals surface area (Å²) in [6.07, 6.45) is 2.70. The highest BCUT2D eigenvalue weighted by Gasteiger charge is 2.38. The number of rotatable bonds is 4. The number of nitrogens with zero attached hydrogens (tertiary/aromatic N) is 2. The van der Waals surface area contributed by atoms with E-state index in [0.717, 1.165) is 24.1 Å². The van der Waals surface area contributed by atoms with Crippen LogP contribution in [-0.4, -0.2) is 34.9 Å². The van der Waals surface area contributed by atoms with Crippen molar-refractivity contribution in [1.29, 1.82) is 0 Å². The molecule has 0 bridgehead atoms. The molecule has 0 spiro atoms. The number of hydrogen-bond acceptors (Lipinski definition) is 5. The van der Waals surface area contributed by atoms with E-state index in [9.17, 15) is 5.11 Å². The summed E-state index contributed by atoms with van der Waals surface area (Å²) in [4.78, 5) is 8.98. The molecule has 2 rings (SSSR count).